The molecule has 0 spiro atoms. The molecular formula is C16H8ClF6N3O6S2. The number of nitriles is 1. The fraction of sp³-hybridized carbons (Fsp3) is 0.125. The molecule has 0 radical (unpaired) electrons. The Bertz CT molecular complexity index is 1370. The summed E-state index contributed by atoms with van der Waals surface area (Å²) < 4.78 is 124. The maximum Gasteiger partial charge on any atom is 0.534 e. The second-order valence-electron chi connectivity index (χ2n) is 5.98. The van der Waals surface area contributed by atoms with E-state index in [1.807, 2.05) is 0 Å². The molecule has 2 aromatic carbocycles. The molecule has 2 amide bonds. The van der Waals surface area contributed by atoms with Crippen molar-refractivity contribution in [3.05, 3.63) is 47.0 Å². The van der Waals surface area contributed by atoms with Gasteiger partial charge in [-0.05, 0) is 36.4 Å². The fourth-order valence-corrected chi connectivity index (χ4v) is 3.69. The molecule has 0 saturated carbocycles. The number of urea groups is 1. The maximum atomic E-state index is 12.5. The summed E-state index contributed by atoms with van der Waals surface area (Å²) in [5.74, 6) is -1.14. The molecule has 0 aliphatic carbocycles. The molecule has 9 nitrogen and oxygen atoms in total. The van der Waals surface area contributed by atoms with Crippen LogP contribution in [0.15, 0.2) is 41.3 Å². The van der Waals surface area contributed by atoms with Crippen LogP contribution in [0.1, 0.15) is 5.56 Å². The smallest absolute Gasteiger partial charge is 0.373 e. The highest BCUT2D eigenvalue weighted by Crippen LogP contribution is 2.36. The van der Waals surface area contributed by atoms with E-state index in [0.717, 1.165) is 24.3 Å². The number of amides is 2. The summed E-state index contributed by atoms with van der Waals surface area (Å²) in [4.78, 5) is 11.0. The summed E-state index contributed by atoms with van der Waals surface area (Å²) in [6.07, 6.45) is 0. The van der Waals surface area contributed by atoms with Crippen molar-refractivity contribution in [1.82, 2.24) is 0 Å². The van der Waals surface area contributed by atoms with Crippen LogP contribution in [0, 0.1) is 11.3 Å². The molecule has 0 unspecified atom stereocenters. The predicted molar refractivity (Wildman–Crippen MR) is 104 cm³/mol. The van der Waals surface area contributed by atoms with Gasteiger partial charge >= 0.3 is 27.2 Å². The summed E-state index contributed by atoms with van der Waals surface area (Å²) in [5.41, 5.74) is -12.6. The zero-order valence-electron chi connectivity index (χ0n) is 15.8. The summed E-state index contributed by atoms with van der Waals surface area (Å²) in [5, 5.41) is 12.5. The first-order valence-electron chi connectivity index (χ1n) is 8.13. The van der Waals surface area contributed by atoms with Gasteiger partial charge in [-0.15, -0.1) is 0 Å². The van der Waals surface area contributed by atoms with Crippen molar-refractivity contribution in [3.63, 3.8) is 0 Å². The zero-order valence-corrected chi connectivity index (χ0v) is 18.2. The van der Waals surface area contributed by atoms with Crippen LogP contribution in [0.2, 0.25) is 5.02 Å². The van der Waals surface area contributed by atoms with Gasteiger partial charge in [0.2, 0.25) is 0 Å². The van der Waals surface area contributed by atoms with Gasteiger partial charge in [0.15, 0.2) is 5.75 Å². The normalized spacial score (nSPS) is 12.5. The van der Waals surface area contributed by atoms with Gasteiger partial charge in [0, 0.05) is 11.4 Å². The molecule has 34 heavy (non-hydrogen) atoms. The standard InChI is InChI=1S/C16H8ClF6N3O6S2/c17-12-6-10(5-8(7-24)13(12)32-34(30,31)16(21,22)23)26-14(27)25-9-1-3-11(4-2-9)33(28,29)15(18,19)20/h1-6H,(H2,25,26,27). The summed E-state index contributed by atoms with van der Waals surface area (Å²) in [6, 6.07) is 4.57. The number of nitrogens with one attached hydrogen (secondary N) is 2. The first kappa shape index (κ1) is 27.0. The van der Waals surface area contributed by atoms with E-state index < -0.39 is 58.2 Å². The van der Waals surface area contributed by atoms with Crippen LogP contribution in [-0.2, 0) is 20.0 Å². The van der Waals surface area contributed by atoms with Gasteiger partial charge in [-0.25, -0.2) is 13.2 Å². The number of hydrogen-bond acceptors (Lipinski definition) is 7. The van der Waals surface area contributed by atoms with Crippen LogP contribution >= 0.6 is 11.6 Å². The molecule has 0 aliphatic rings. The Labute approximate surface area is 191 Å². The Morgan fingerprint density at radius 2 is 1.44 bits per heavy atom. The third-order valence-electron chi connectivity index (χ3n) is 3.63. The van der Waals surface area contributed by atoms with Crippen LogP contribution < -0.4 is 14.8 Å². The van der Waals surface area contributed by atoms with Crippen molar-refractivity contribution in [2.75, 3.05) is 10.6 Å². The quantitative estimate of drug-likeness (QED) is 0.319. The van der Waals surface area contributed by atoms with Crippen molar-refractivity contribution in [1.29, 1.82) is 5.26 Å². The van der Waals surface area contributed by atoms with Gasteiger partial charge < -0.3 is 14.8 Å². The van der Waals surface area contributed by atoms with Gasteiger partial charge in [0.25, 0.3) is 9.84 Å². The molecule has 0 bridgehead atoms. The minimum absolute atomic E-state index is 0.165. The van der Waals surface area contributed by atoms with Crippen LogP contribution in [-0.4, -0.2) is 33.9 Å². The number of rotatable bonds is 5. The number of anilines is 2. The highest BCUT2D eigenvalue weighted by molar-refractivity contribution is 7.92. The second kappa shape index (κ2) is 9.19. The number of benzene rings is 2. The minimum Gasteiger partial charge on any atom is -0.373 e. The van der Waals surface area contributed by atoms with E-state index in [1.54, 1.807) is 0 Å². The zero-order chi connectivity index (χ0) is 26.1. The molecule has 0 fully saturated rings. The first-order valence-corrected chi connectivity index (χ1v) is 11.4. The Balaban J connectivity index is 2.21. The van der Waals surface area contributed by atoms with Gasteiger partial charge in [-0.1, -0.05) is 11.6 Å². The van der Waals surface area contributed by atoms with Crippen LogP contribution in [0.5, 0.6) is 5.75 Å². The molecule has 0 aromatic heterocycles. The van der Waals surface area contributed by atoms with Crippen LogP contribution in [0.3, 0.4) is 0 Å². The van der Waals surface area contributed by atoms with Crippen molar-refractivity contribution in [3.8, 4) is 11.8 Å². The summed E-state index contributed by atoms with van der Waals surface area (Å²) in [7, 11) is -11.8. The molecule has 2 rings (SSSR count). The van der Waals surface area contributed by atoms with E-state index in [1.165, 1.54) is 6.07 Å². The largest absolute Gasteiger partial charge is 0.534 e. The Hall–Kier alpha value is -3.23. The highest BCUT2D eigenvalue weighted by atomic mass is 35.5. The van der Waals surface area contributed by atoms with E-state index in [0.29, 0.717) is 12.1 Å². The van der Waals surface area contributed by atoms with E-state index >= 15 is 0 Å². The van der Waals surface area contributed by atoms with Crippen molar-refractivity contribution in [2.45, 2.75) is 15.9 Å². The summed E-state index contributed by atoms with van der Waals surface area (Å²) >= 11 is 5.68. The summed E-state index contributed by atoms with van der Waals surface area (Å²) in [6.45, 7) is 0. The fourth-order valence-electron chi connectivity index (χ4n) is 2.13. The minimum atomic E-state index is -6.15. The number of carbonyl (C=O) groups excluding carboxylic acids is 1. The third-order valence-corrected chi connectivity index (χ3v) is 6.36. The van der Waals surface area contributed by atoms with Crippen LogP contribution in [0.4, 0.5) is 42.5 Å². The first-order chi connectivity index (χ1) is 15.4. The Morgan fingerprint density at radius 1 is 0.912 bits per heavy atom. The average molecular weight is 552 g/mol. The molecule has 2 N–H and O–H groups in total. The predicted octanol–water partition coefficient (Wildman–Crippen LogP) is 4.38. The second-order valence-corrected chi connectivity index (χ2v) is 9.87. The lowest BCUT2D eigenvalue weighted by Crippen LogP contribution is -2.28. The monoisotopic (exact) mass is 551 g/mol. The lowest BCUT2D eigenvalue weighted by molar-refractivity contribution is -0.0500. The highest BCUT2D eigenvalue weighted by Gasteiger charge is 2.49. The number of halogens is 7. The van der Waals surface area contributed by atoms with Crippen LogP contribution in [0.25, 0.3) is 0 Å². The van der Waals surface area contributed by atoms with Gasteiger partial charge in [-0.2, -0.15) is 40.0 Å². The average Bonchev–Trinajstić information content (AvgIpc) is 2.68. The number of nitrogens with zero attached hydrogens (tertiary/aromatic N) is 1. The number of carbonyl (C=O) groups is 1. The Morgan fingerprint density at radius 3 is 1.91 bits per heavy atom. The topological polar surface area (TPSA) is 142 Å². The van der Waals surface area contributed by atoms with Gasteiger partial charge in [0.1, 0.15) is 6.07 Å². The van der Waals surface area contributed by atoms with E-state index in [4.69, 9.17) is 16.9 Å². The molecule has 2 aromatic rings. The number of alkyl halides is 6. The van der Waals surface area contributed by atoms with E-state index in [9.17, 15) is 48.0 Å². The Kier molecular flexibility index (Phi) is 7.31. The molecule has 184 valence electrons. The maximum absolute atomic E-state index is 12.5. The lowest BCUT2D eigenvalue weighted by Gasteiger charge is -2.14. The van der Waals surface area contributed by atoms with Crippen molar-refractivity contribution >= 4 is 49.0 Å². The van der Waals surface area contributed by atoms with Crippen molar-refractivity contribution < 1.29 is 52.2 Å². The van der Waals surface area contributed by atoms with E-state index in [-0.39, 0.29) is 11.4 Å². The molecular weight excluding hydrogens is 544 g/mol. The molecule has 0 atom stereocenters. The number of sulfone groups is 1. The lowest BCUT2D eigenvalue weighted by atomic mass is 10.2. The third kappa shape index (κ3) is 5.81. The van der Waals surface area contributed by atoms with Gasteiger partial charge in [-0.3, -0.25) is 0 Å². The van der Waals surface area contributed by atoms with Gasteiger partial charge in [0.05, 0.1) is 15.5 Å². The molecule has 0 saturated heterocycles. The van der Waals surface area contributed by atoms with Crippen molar-refractivity contribution in [2.24, 2.45) is 0 Å². The number of hydrogen-bond donors (Lipinski definition) is 2. The molecule has 0 heterocycles. The SMILES string of the molecule is N#Cc1cc(NC(=O)Nc2ccc(S(=O)(=O)C(F)(F)F)cc2)cc(Cl)c1OS(=O)(=O)C(F)(F)F. The van der Waals surface area contributed by atoms with E-state index in [2.05, 4.69) is 14.8 Å². The molecule has 18 heteroatoms. The molecule has 0 aliphatic heterocycles.